The van der Waals surface area contributed by atoms with Gasteiger partial charge in [-0.1, -0.05) is 30.3 Å². The van der Waals surface area contributed by atoms with E-state index in [9.17, 15) is 14.7 Å². The van der Waals surface area contributed by atoms with Crippen LogP contribution in [0.2, 0.25) is 0 Å². The maximum atomic E-state index is 12.2. The smallest absolute Gasteiger partial charge is 0.272 e. The molecule has 2 aromatic rings. The Labute approximate surface area is 153 Å². The monoisotopic (exact) mass is 401 g/mol. The highest BCUT2D eigenvalue weighted by Crippen LogP contribution is 2.38. The number of halogens is 1. The normalized spacial score (nSPS) is 19.3. The summed E-state index contributed by atoms with van der Waals surface area (Å²) < 4.78 is 0.656. The summed E-state index contributed by atoms with van der Waals surface area (Å²) in [6.45, 7) is 1.65. The van der Waals surface area contributed by atoms with E-state index in [2.05, 4.69) is 31.8 Å². The number of nitrogens with one attached hydrogen (secondary N) is 2. The molecular weight excluding hydrogens is 386 g/mol. The van der Waals surface area contributed by atoms with Crippen molar-refractivity contribution in [3.8, 4) is 0 Å². The third kappa shape index (κ3) is 3.33. The molecule has 0 aliphatic carbocycles. The highest BCUT2D eigenvalue weighted by molar-refractivity contribution is 9.10. The molecule has 3 N–H and O–H groups in total. The van der Waals surface area contributed by atoms with Gasteiger partial charge in [0.1, 0.15) is 0 Å². The number of hydrogen-bond donors (Lipinski definition) is 3. The molecule has 3 rings (SSSR count). The topological polar surface area (TPSA) is 90.8 Å². The molecule has 0 saturated heterocycles. The standard InChI is InChI=1S/C18H16BrN3O3/c1-11(21-22-16(23)12-6-2-4-8-14(12)19)10-18(25)13-7-3-5-9-15(13)20-17(18)24/h2-9,25H,10H2,1H3,(H,20,24)(H,22,23)/b21-11-/t18-/m1/s1. The van der Waals surface area contributed by atoms with Crippen LogP contribution in [0.4, 0.5) is 5.69 Å². The molecule has 1 aliphatic heterocycles. The lowest BCUT2D eigenvalue weighted by molar-refractivity contribution is -0.132. The molecule has 7 heteroatoms. The number of carbonyl (C=O) groups excluding carboxylic acids is 2. The van der Waals surface area contributed by atoms with Crippen molar-refractivity contribution in [2.24, 2.45) is 5.10 Å². The number of rotatable bonds is 4. The van der Waals surface area contributed by atoms with Crippen molar-refractivity contribution in [3.05, 3.63) is 64.1 Å². The van der Waals surface area contributed by atoms with Crippen LogP contribution in [-0.2, 0) is 10.4 Å². The van der Waals surface area contributed by atoms with E-state index in [1.54, 1.807) is 55.5 Å². The number of fused-ring (bicyclic) bond motifs is 1. The number of amides is 2. The number of para-hydroxylation sites is 1. The van der Waals surface area contributed by atoms with E-state index in [-0.39, 0.29) is 12.3 Å². The second kappa shape index (κ2) is 6.78. The van der Waals surface area contributed by atoms with Crippen molar-refractivity contribution < 1.29 is 14.7 Å². The van der Waals surface area contributed by atoms with Crippen LogP contribution in [-0.4, -0.2) is 22.6 Å². The number of aliphatic hydroxyl groups is 1. The largest absolute Gasteiger partial charge is 0.375 e. The summed E-state index contributed by atoms with van der Waals surface area (Å²) in [4.78, 5) is 24.3. The lowest BCUT2D eigenvalue weighted by Gasteiger charge is -2.20. The zero-order valence-electron chi connectivity index (χ0n) is 13.4. The molecule has 1 heterocycles. The first kappa shape index (κ1) is 17.3. The van der Waals surface area contributed by atoms with Gasteiger partial charge in [0.05, 0.1) is 5.56 Å². The van der Waals surface area contributed by atoms with Crippen molar-refractivity contribution >= 4 is 39.1 Å². The minimum absolute atomic E-state index is 0.0217. The van der Waals surface area contributed by atoms with E-state index in [0.29, 0.717) is 27.0 Å². The average molecular weight is 402 g/mol. The van der Waals surface area contributed by atoms with Gasteiger partial charge in [0.25, 0.3) is 11.8 Å². The van der Waals surface area contributed by atoms with Gasteiger partial charge in [0, 0.05) is 27.9 Å². The molecule has 25 heavy (non-hydrogen) atoms. The van der Waals surface area contributed by atoms with Gasteiger partial charge in [-0.15, -0.1) is 0 Å². The zero-order valence-corrected chi connectivity index (χ0v) is 15.0. The van der Waals surface area contributed by atoms with Crippen LogP contribution in [0.15, 0.2) is 58.1 Å². The first-order valence-electron chi connectivity index (χ1n) is 7.63. The minimum Gasteiger partial charge on any atom is -0.375 e. The molecule has 2 aromatic carbocycles. The van der Waals surface area contributed by atoms with Crippen LogP contribution in [0.25, 0.3) is 0 Å². The molecule has 128 valence electrons. The Morgan fingerprint density at radius 2 is 1.92 bits per heavy atom. The maximum Gasteiger partial charge on any atom is 0.272 e. The van der Waals surface area contributed by atoms with E-state index in [4.69, 9.17) is 0 Å². The summed E-state index contributed by atoms with van der Waals surface area (Å²) in [5, 5.41) is 17.5. The van der Waals surface area contributed by atoms with Gasteiger partial charge in [-0.05, 0) is 41.1 Å². The summed E-state index contributed by atoms with van der Waals surface area (Å²) in [6, 6.07) is 13.9. The van der Waals surface area contributed by atoms with Crippen LogP contribution >= 0.6 is 15.9 Å². The third-order valence-corrected chi connectivity index (χ3v) is 4.67. The Morgan fingerprint density at radius 1 is 1.24 bits per heavy atom. The lowest BCUT2D eigenvalue weighted by Crippen LogP contribution is -2.36. The van der Waals surface area contributed by atoms with Crippen LogP contribution in [0, 0.1) is 0 Å². The molecule has 0 aromatic heterocycles. The van der Waals surface area contributed by atoms with Gasteiger partial charge >= 0.3 is 0 Å². The van der Waals surface area contributed by atoms with Gasteiger partial charge < -0.3 is 10.4 Å². The molecule has 0 bridgehead atoms. The fourth-order valence-corrected chi connectivity index (χ4v) is 3.20. The van der Waals surface area contributed by atoms with Crippen molar-refractivity contribution in [1.82, 2.24) is 5.43 Å². The van der Waals surface area contributed by atoms with E-state index >= 15 is 0 Å². The third-order valence-electron chi connectivity index (χ3n) is 3.97. The number of carbonyl (C=O) groups is 2. The van der Waals surface area contributed by atoms with Gasteiger partial charge in [-0.2, -0.15) is 5.10 Å². The van der Waals surface area contributed by atoms with Crippen LogP contribution in [0.3, 0.4) is 0 Å². The highest BCUT2D eigenvalue weighted by Gasteiger charge is 2.45. The summed E-state index contributed by atoms with van der Waals surface area (Å²) >= 11 is 3.31. The first-order valence-corrected chi connectivity index (χ1v) is 8.42. The van der Waals surface area contributed by atoms with Crippen molar-refractivity contribution in [3.63, 3.8) is 0 Å². The number of benzene rings is 2. The van der Waals surface area contributed by atoms with Crippen molar-refractivity contribution in [1.29, 1.82) is 0 Å². The number of hydrazone groups is 1. The molecule has 0 unspecified atom stereocenters. The molecule has 2 amide bonds. The molecule has 0 fully saturated rings. The van der Waals surface area contributed by atoms with Crippen LogP contribution in [0.5, 0.6) is 0 Å². The fourth-order valence-electron chi connectivity index (χ4n) is 2.74. The molecule has 0 spiro atoms. The quantitative estimate of drug-likeness (QED) is 0.543. The van der Waals surface area contributed by atoms with Gasteiger partial charge in [0.15, 0.2) is 5.60 Å². The minimum atomic E-state index is -1.69. The Kier molecular flexibility index (Phi) is 4.69. The summed E-state index contributed by atoms with van der Waals surface area (Å²) in [5.41, 5.74) is 2.71. The van der Waals surface area contributed by atoms with Crippen molar-refractivity contribution in [2.45, 2.75) is 18.9 Å². The van der Waals surface area contributed by atoms with Crippen LogP contribution in [0.1, 0.15) is 29.3 Å². The molecule has 1 atom stereocenters. The fraction of sp³-hybridized carbons (Fsp3) is 0.167. The predicted molar refractivity (Wildman–Crippen MR) is 98.3 cm³/mol. The molecule has 6 nitrogen and oxygen atoms in total. The second-order valence-electron chi connectivity index (χ2n) is 5.80. The van der Waals surface area contributed by atoms with E-state index in [1.807, 2.05) is 0 Å². The van der Waals surface area contributed by atoms with Crippen LogP contribution < -0.4 is 10.7 Å². The zero-order chi connectivity index (χ0) is 18.0. The Bertz CT molecular complexity index is 881. The number of hydrogen-bond acceptors (Lipinski definition) is 4. The Morgan fingerprint density at radius 3 is 2.68 bits per heavy atom. The Balaban J connectivity index is 1.75. The predicted octanol–water partition coefficient (Wildman–Crippen LogP) is 2.78. The summed E-state index contributed by atoms with van der Waals surface area (Å²) in [7, 11) is 0. The summed E-state index contributed by atoms with van der Waals surface area (Å²) in [5.74, 6) is -0.879. The first-order chi connectivity index (χ1) is 11.9. The second-order valence-corrected chi connectivity index (χ2v) is 6.66. The molecule has 0 radical (unpaired) electrons. The number of nitrogens with zero attached hydrogens (tertiary/aromatic N) is 1. The van der Waals surface area contributed by atoms with Crippen molar-refractivity contribution in [2.75, 3.05) is 5.32 Å². The van der Waals surface area contributed by atoms with Gasteiger partial charge in [-0.3, -0.25) is 9.59 Å². The lowest BCUT2D eigenvalue weighted by atomic mass is 9.90. The maximum absolute atomic E-state index is 12.2. The molecular formula is C18H16BrN3O3. The van der Waals surface area contributed by atoms with E-state index < -0.39 is 11.5 Å². The van der Waals surface area contributed by atoms with Gasteiger partial charge in [-0.25, -0.2) is 5.43 Å². The average Bonchev–Trinajstić information content (AvgIpc) is 2.84. The Hall–Kier alpha value is -2.51. The van der Waals surface area contributed by atoms with E-state index in [1.165, 1.54) is 0 Å². The molecule has 0 saturated carbocycles. The van der Waals surface area contributed by atoms with Gasteiger partial charge in [0.2, 0.25) is 0 Å². The molecule has 1 aliphatic rings. The summed E-state index contributed by atoms with van der Waals surface area (Å²) in [6.07, 6.45) is -0.0217. The number of anilines is 1. The van der Waals surface area contributed by atoms with E-state index in [0.717, 1.165) is 0 Å². The highest BCUT2D eigenvalue weighted by atomic mass is 79.9. The SMILES string of the molecule is C/C(C[C@]1(O)C(=O)Nc2ccccc21)=N/NC(=O)c1ccccc1Br.